The highest BCUT2D eigenvalue weighted by atomic mass is 16.4. The summed E-state index contributed by atoms with van der Waals surface area (Å²) in [4.78, 5) is 122. The zero-order valence-corrected chi connectivity index (χ0v) is 43.3. The van der Waals surface area contributed by atoms with Gasteiger partial charge in [0, 0.05) is 6.54 Å². The first-order valence-electron chi connectivity index (χ1n) is 25.2. The SMILES string of the molecule is CC[C@H](C)[C@H](NC(=O)[C@H](CC(C)C)NC(=O)[C@H](CC(C)C)NC(=O)CNC(=O)[C@@H](NC(=O)[C@H](CCCCN)NC(=O)[C@@H]1CCCN1C(=O)[C@@H](N)Cc1ccccc1)[C@@H](C)O)C(=O)N[C@@H](CC(C)C)C(=O)O. The van der Waals surface area contributed by atoms with Gasteiger partial charge in [-0.3, -0.25) is 38.4 Å². The highest BCUT2D eigenvalue weighted by Crippen LogP contribution is 2.20. The van der Waals surface area contributed by atoms with E-state index in [2.05, 4.69) is 37.2 Å². The van der Waals surface area contributed by atoms with Crippen molar-refractivity contribution in [2.45, 2.75) is 181 Å². The molecule has 0 bridgehead atoms. The van der Waals surface area contributed by atoms with E-state index < -0.39 is 120 Å². The predicted molar refractivity (Wildman–Crippen MR) is 267 cm³/mol. The maximum absolute atomic E-state index is 13.9. The van der Waals surface area contributed by atoms with E-state index in [0.29, 0.717) is 45.2 Å². The normalized spacial score (nSPS) is 17.4. The third-order valence-electron chi connectivity index (χ3n) is 12.3. The Morgan fingerprint density at radius 2 is 1.21 bits per heavy atom. The zero-order valence-electron chi connectivity index (χ0n) is 43.3. The Morgan fingerprint density at radius 3 is 1.76 bits per heavy atom. The van der Waals surface area contributed by atoms with Crippen molar-refractivity contribution < 1.29 is 53.4 Å². The minimum Gasteiger partial charge on any atom is -0.480 e. The van der Waals surface area contributed by atoms with Crippen molar-refractivity contribution in [1.29, 1.82) is 0 Å². The second-order valence-electron chi connectivity index (χ2n) is 20.1. The number of nitrogens with one attached hydrogen (secondary N) is 7. The minimum atomic E-state index is -1.58. The number of rotatable bonds is 31. The van der Waals surface area contributed by atoms with E-state index in [0.717, 1.165) is 5.56 Å². The average molecular weight is 1000 g/mol. The van der Waals surface area contributed by atoms with Crippen LogP contribution in [-0.4, -0.2) is 142 Å². The van der Waals surface area contributed by atoms with E-state index in [9.17, 15) is 53.4 Å². The number of carbonyl (C=O) groups is 9. The Kier molecular flexibility index (Phi) is 26.8. The molecule has 2 rings (SSSR count). The summed E-state index contributed by atoms with van der Waals surface area (Å²) in [7, 11) is 0. The predicted octanol–water partition coefficient (Wildman–Crippen LogP) is 0.351. The molecule has 71 heavy (non-hydrogen) atoms. The maximum atomic E-state index is 13.9. The number of nitrogens with two attached hydrogens (primary N) is 2. The molecule has 0 saturated carbocycles. The van der Waals surface area contributed by atoms with E-state index in [1.807, 2.05) is 78.8 Å². The standard InChI is InChI=1S/C50H84N10O11/c1-10-31(8)41(48(68)57-38(50(70)71)25-30(6)7)58-45(65)37(24-29(4)5)56-44(64)36(23-28(2)3)54-40(62)27-53-47(67)42(32(9)61)59-43(63)35(19-14-15-21-51)55-46(66)39-20-16-22-60(39)49(69)34(52)26-33-17-12-11-13-18-33/h11-13,17-18,28-32,34-39,41-42,61H,10,14-16,19-27,51-52H2,1-9H3,(H,53,67)(H,54,62)(H,55,66)(H,56,64)(H,57,68)(H,58,65)(H,59,63)(H,70,71)/t31-,32+,34-,35-,36-,37-,38-,39-,41-,42-/m0/s1. The molecule has 1 fully saturated rings. The molecule has 10 atom stereocenters. The van der Waals surface area contributed by atoms with Gasteiger partial charge in [0.25, 0.3) is 0 Å². The van der Waals surface area contributed by atoms with Crippen LogP contribution in [0.2, 0.25) is 0 Å². The molecule has 400 valence electrons. The summed E-state index contributed by atoms with van der Waals surface area (Å²) in [6.45, 7) is 15.7. The number of likely N-dealkylation sites (tertiary alicyclic amines) is 1. The van der Waals surface area contributed by atoms with Crippen molar-refractivity contribution in [2.75, 3.05) is 19.6 Å². The number of benzene rings is 1. The number of carboxylic acid groups (broad SMARTS) is 1. The van der Waals surface area contributed by atoms with Crippen LogP contribution in [0.5, 0.6) is 0 Å². The van der Waals surface area contributed by atoms with Gasteiger partial charge in [-0.15, -0.1) is 0 Å². The second kappa shape index (κ2) is 30.9. The van der Waals surface area contributed by atoms with Gasteiger partial charge in [0.2, 0.25) is 47.3 Å². The van der Waals surface area contributed by atoms with Crippen molar-refractivity contribution in [1.82, 2.24) is 42.1 Å². The molecule has 21 nitrogen and oxygen atoms in total. The number of amides is 8. The number of unbranched alkanes of at least 4 members (excludes halogenated alkanes) is 1. The molecule has 1 aromatic rings. The molecule has 1 heterocycles. The fraction of sp³-hybridized carbons (Fsp3) is 0.700. The van der Waals surface area contributed by atoms with Crippen LogP contribution in [-0.2, 0) is 49.6 Å². The number of carboxylic acids is 1. The Hall–Kier alpha value is -5.67. The molecule has 0 aliphatic carbocycles. The first kappa shape index (κ1) is 61.4. The van der Waals surface area contributed by atoms with Gasteiger partial charge >= 0.3 is 5.97 Å². The van der Waals surface area contributed by atoms with Gasteiger partial charge in [0.1, 0.15) is 42.3 Å². The van der Waals surface area contributed by atoms with Crippen molar-refractivity contribution in [3.63, 3.8) is 0 Å². The Morgan fingerprint density at radius 1 is 0.676 bits per heavy atom. The van der Waals surface area contributed by atoms with Crippen LogP contribution in [0.25, 0.3) is 0 Å². The van der Waals surface area contributed by atoms with Crippen LogP contribution in [0.4, 0.5) is 0 Å². The number of aliphatic carboxylic acids is 1. The average Bonchev–Trinajstić information content (AvgIpc) is 3.80. The smallest absolute Gasteiger partial charge is 0.326 e. The van der Waals surface area contributed by atoms with Gasteiger partial charge in [-0.05, 0) is 100 Å². The number of nitrogens with zero attached hydrogens (tertiary/aromatic N) is 1. The Bertz CT molecular complexity index is 1920. The van der Waals surface area contributed by atoms with Gasteiger partial charge in [-0.2, -0.15) is 0 Å². The van der Waals surface area contributed by atoms with Gasteiger partial charge in [-0.25, -0.2) is 4.79 Å². The van der Waals surface area contributed by atoms with Crippen LogP contribution in [0.1, 0.15) is 126 Å². The Balaban J connectivity index is 2.18. The lowest BCUT2D eigenvalue weighted by atomic mass is 9.95. The lowest BCUT2D eigenvalue weighted by Crippen LogP contribution is -2.60. The molecule has 1 aliphatic heterocycles. The number of hydrogen-bond donors (Lipinski definition) is 11. The third kappa shape index (κ3) is 21.3. The number of carbonyl (C=O) groups excluding carboxylic acids is 8. The molecule has 1 saturated heterocycles. The van der Waals surface area contributed by atoms with Crippen LogP contribution in [0.15, 0.2) is 30.3 Å². The summed E-state index contributed by atoms with van der Waals surface area (Å²) in [5.74, 6) is -7.44. The first-order chi connectivity index (χ1) is 33.4. The van der Waals surface area contributed by atoms with E-state index in [4.69, 9.17) is 11.5 Å². The minimum absolute atomic E-state index is 0.0350. The summed E-state index contributed by atoms with van der Waals surface area (Å²) in [5, 5.41) is 38.6. The largest absolute Gasteiger partial charge is 0.480 e. The van der Waals surface area contributed by atoms with Gasteiger partial charge in [0.15, 0.2) is 0 Å². The molecule has 1 aliphatic rings. The highest BCUT2D eigenvalue weighted by Gasteiger charge is 2.39. The van der Waals surface area contributed by atoms with Crippen LogP contribution < -0.4 is 48.7 Å². The van der Waals surface area contributed by atoms with Gasteiger partial charge in [0.05, 0.1) is 18.7 Å². The maximum Gasteiger partial charge on any atom is 0.326 e. The highest BCUT2D eigenvalue weighted by molar-refractivity contribution is 5.97. The lowest BCUT2D eigenvalue weighted by Gasteiger charge is -2.29. The molecular formula is C50H84N10O11. The van der Waals surface area contributed by atoms with E-state index in [1.165, 1.54) is 11.8 Å². The summed E-state index contributed by atoms with van der Waals surface area (Å²) >= 11 is 0. The molecular weight excluding hydrogens is 917 g/mol. The zero-order chi connectivity index (χ0) is 53.5. The summed E-state index contributed by atoms with van der Waals surface area (Å²) in [6, 6.07) is 0.0706. The number of aliphatic hydroxyl groups is 1. The quantitative estimate of drug-likeness (QED) is 0.0448. The molecule has 0 radical (unpaired) electrons. The fourth-order valence-electron chi connectivity index (χ4n) is 8.27. The van der Waals surface area contributed by atoms with Crippen molar-refractivity contribution in [3.05, 3.63) is 35.9 Å². The van der Waals surface area contributed by atoms with Gasteiger partial charge in [-0.1, -0.05) is 92.1 Å². The van der Waals surface area contributed by atoms with E-state index in [1.54, 1.807) is 6.92 Å². The van der Waals surface area contributed by atoms with Gasteiger partial charge < -0.3 is 63.8 Å². The molecule has 0 unspecified atom stereocenters. The Labute approximate surface area is 419 Å². The fourth-order valence-corrected chi connectivity index (χ4v) is 8.27. The molecule has 13 N–H and O–H groups in total. The van der Waals surface area contributed by atoms with Crippen LogP contribution >= 0.6 is 0 Å². The van der Waals surface area contributed by atoms with Crippen LogP contribution in [0.3, 0.4) is 0 Å². The molecule has 0 spiro atoms. The van der Waals surface area contributed by atoms with Crippen molar-refractivity contribution in [2.24, 2.45) is 35.1 Å². The molecule has 0 aromatic heterocycles. The van der Waals surface area contributed by atoms with Crippen LogP contribution in [0, 0.1) is 23.7 Å². The van der Waals surface area contributed by atoms with E-state index >= 15 is 0 Å². The third-order valence-corrected chi connectivity index (χ3v) is 12.3. The topological polar surface area (TPSA) is 334 Å². The molecule has 21 heteroatoms. The van der Waals surface area contributed by atoms with E-state index in [-0.39, 0.29) is 49.9 Å². The lowest BCUT2D eigenvalue weighted by molar-refractivity contribution is -0.143. The summed E-state index contributed by atoms with van der Waals surface area (Å²) in [5.41, 5.74) is 12.9. The molecule has 1 aromatic carbocycles. The second-order valence-corrected chi connectivity index (χ2v) is 20.1. The van der Waals surface area contributed by atoms with Crippen molar-refractivity contribution >= 4 is 53.2 Å². The summed E-state index contributed by atoms with van der Waals surface area (Å²) < 4.78 is 0. The summed E-state index contributed by atoms with van der Waals surface area (Å²) in [6.07, 6.45) is 1.68. The monoisotopic (exact) mass is 1000 g/mol. The first-order valence-corrected chi connectivity index (χ1v) is 25.2. The number of aliphatic hydroxyl groups excluding tert-OH is 1. The molecule has 8 amide bonds. The van der Waals surface area contributed by atoms with Crippen molar-refractivity contribution in [3.8, 4) is 0 Å². The number of hydrogen-bond acceptors (Lipinski definition) is 12.